The predicted molar refractivity (Wildman–Crippen MR) is 92.9 cm³/mol. The minimum absolute atomic E-state index is 0. The van der Waals surface area contributed by atoms with Crippen molar-refractivity contribution in [2.24, 2.45) is 10.2 Å². The van der Waals surface area contributed by atoms with E-state index in [1.165, 1.54) is 12.4 Å². The summed E-state index contributed by atoms with van der Waals surface area (Å²) in [5, 5.41) is 19.5. The molecule has 1 radical (unpaired) electrons. The van der Waals surface area contributed by atoms with Crippen molar-refractivity contribution in [2.45, 2.75) is 26.9 Å². The number of hydrogen-bond donors (Lipinski definition) is 1. The van der Waals surface area contributed by atoms with Crippen LogP contribution in [0, 0.1) is 0 Å². The zero-order valence-corrected chi connectivity index (χ0v) is 16.3. The number of azo groups is 1. The van der Waals surface area contributed by atoms with Crippen LogP contribution in [0.3, 0.4) is 0 Å². The molecule has 0 aromatic carbocycles. The molecule has 27 heavy (non-hydrogen) atoms. The molecule has 12 heteroatoms. The number of aromatic nitrogens is 2. The first-order chi connectivity index (χ1) is 12.3. The predicted octanol–water partition coefficient (Wildman–Crippen LogP) is 1.46. The molecule has 0 bridgehead atoms. The summed E-state index contributed by atoms with van der Waals surface area (Å²) in [6, 6.07) is 0. The Labute approximate surface area is 167 Å². The van der Waals surface area contributed by atoms with Crippen LogP contribution in [0.2, 0.25) is 0 Å². The number of hydrogen-bond acceptors (Lipinski definition) is 8. The fourth-order valence-electron chi connectivity index (χ4n) is 2.65. The van der Waals surface area contributed by atoms with Crippen LogP contribution in [0.5, 0.6) is 5.88 Å². The Bertz CT molecular complexity index is 1080. The first kappa shape index (κ1) is 20.7. The summed E-state index contributed by atoms with van der Waals surface area (Å²) in [5.74, 6) is -1.53. The zero-order valence-electron chi connectivity index (χ0n) is 14.5. The van der Waals surface area contributed by atoms with Crippen molar-refractivity contribution in [2.75, 3.05) is 7.05 Å². The van der Waals surface area contributed by atoms with E-state index in [1.54, 1.807) is 13.8 Å². The van der Waals surface area contributed by atoms with Crippen LogP contribution in [0.25, 0.3) is 0 Å². The normalized spacial score (nSPS) is 13.4. The van der Waals surface area contributed by atoms with E-state index >= 15 is 0 Å². The molecule has 2 aromatic heterocycles. The molecule has 1 aliphatic rings. The van der Waals surface area contributed by atoms with Crippen LogP contribution in [0.4, 0.5) is 10.7 Å². The van der Waals surface area contributed by atoms with Gasteiger partial charge in [0.05, 0.1) is 11.1 Å². The maximum Gasteiger partial charge on any atom is 2.00 e. The molecule has 0 spiro atoms. The molecule has 3 heterocycles. The van der Waals surface area contributed by atoms with Gasteiger partial charge in [-0.15, -0.1) is 21.6 Å². The summed E-state index contributed by atoms with van der Waals surface area (Å²) in [6.07, 6.45) is 0. The van der Waals surface area contributed by atoms with E-state index in [4.69, 9.17) is 0 Å². The summed E-state index contributed by atoms with van der Waals surface area (Å²) < 4.78 is 1.93. The summed E-state index contributed by atoms with van der Waals surface area (Å²) in [5.41, 5.74) is -1.48. The maximum absolute atomic E-state index is 12.4. The van der Waals surface area contributed by atoms with Gasteiger partial charge in [0.15, 0.2) is 5.00 Å². The van der Waals surface area contributed by atoms with Gasteiger partial charge in [-0.3, -0.25) is 28.4 Å². The van der Waals surface area contributed by atoms with Gasteiger partial charge < -0.3 is 5.11 Å². The number of nitrogens with zero attached hydrogens (tertiary/aromatic N) is 5. The number of carbonyl (C=O) groups is 2. The molecule has 0 fully saturated rings. The van der Waals surface area contributed by atoms with Crippen LogP contribution in [-0.2, 0) is 30.2 Å². The molecule has 145 valence electrons. The molecular weight excluding hydrogens is 426 g/mol. The van der Waals surface area contributed by atoms with Crippen molar-refractivity contribution < 1.29 is 31.8 Å². The van der Waals surface area contributed by atoms with E-state index in [9.17, 15) is 24.3 Å². The standard InChI is InChI=1S/C15H15N5O5S.Cu/c1-4-19-13(23)9(14(24)20(5-2)15(19)25)16-17-10-8-7(6-26-10)11(21)18(3)12(8)22;/h6,23H,4-5H2,1-3H3;/q;+2. The van der Waals surface area contributed by atoms with E-state index < -0.39 is 34.6 Å². The average molecular weight is 441 g/mol. The second-order valence-electron chi connectivity index (χ2n) is 5.45. The van der Waals surface area contributed by atoms with Gasteiger partial charge >= 0.3 is 22.8 Å². The number of carbonyl (C=O) groups excluding carboxylic acids is 2. The Kier molecular flexibility index (Phi) is 5.83. The molecule has 0 atom stereocenters. The van der Waals surface area contributed by atoms with E-state index in [-0.39, 0.29) is 46.3 Å². The second kappa shape index (κ2) is 7.59. The monoisotopic (exact) mass is 440 g/mol. The van der Waals surface area contributed by atoms with Gasteiger partial charge in [-0.25, -0.2) is 4.79 Å². The quantitative estimate of drug-likeness (QED) is 0.437. The fourth-order valence-corrected chi connectivity index (χ4v) is 3.50. The summed E-state index contributed by atoms with van der Waals surface area (Å²) in [6.45, 7) is 3.50. The molecule has 10 nitrogen and oxygen atoms in total. The maximum atomic E-state index is 12.4. The van der Waals surface area contributed by atoms with E-state index in [1.807, 2.05) is 0 Å². The van der Waals surface area contributed by atoms with Gasteiger partial charge in [0.25, 0.3) is 17.4 Å². The van der Waals surface area contributed by atoms with Crippen molar-refractivity contribution in [3.8, 4) is 5.88 Å². The molecular formula is C15H15CuN5O5S+2. The second-order valence-corrected chi connectivity index (χ2v) is 6.31. The third-order valence-electron chi connectivity index (χ3n) is 4.08. The molecule has 2 amide bonds. The summed E-state index contributed by atoms with van der Waals surface area (Å²) >= 11 is 1.03. The third kappa shape index (κ3) is 3.05. The Morgan fingerprint density at radius 1 is 1.04 bits per heavy atom. The van der Waals surface area contributed by atoms with Crippen molar-refractivity contribution in [3.05, 3.63) is 37.3 Å². The topological polar surface area (TPSA) is 126 Å². The number of fused-ring (bicyclic) bond motifs is 1. The van der Waals surface area contributed by atoms with Gasteiger partial charge in [-0.05, 0) is 13.8 Å². The van der Waals surface area contributed by atoms with E-state index in [0.717, 1.165) is 25.4 Å². The largest absolute Gasteiger partial charge is 2.00 e. The van der Waals surface area contributed by atoms with Gasteiger partial charge in [0.2, 0.25) is 11.6 Å². The number of imide groups is 1. The minimum atomic E-state index is -0.781. The smallest absolute Gasteiger partial charge is 0.493 e. The minimum Gasteiger partial charge on any atom is -0.493 e. The molecule has 0 saturated heterocycles. The van der Waals surface area contributed by atoms with Crippen molar-refractivity contribution in [1.82, 2.24) is 14.0 Å². The first-order valence-electron chi connectivity index (χ1n) is 7.75. The van der Waals surface area contributed by atoms with Crippen molar-refractivity contribution >= 4 is 33.8 Å². The number of thiophene rings is 1. The van der Waals surface area contributed by atoms with Crippen LogP contribution in [0.15, 0.2) is 25.2 Å². The molecule has 1 N–H and O–H groups in total. The van der Waals surface area contributed by atoms with Crippen LogP contribution < -0.4 is 11.2 Å². The number of rotatable bonds is 4. The molecule has 0 saturated carbocycles. The Morgan fingerprint density at radius 2 is 1.67 bits per heavy atom. The van der Waals surface area contributed by atoms with Crippen LogP contribution >= 0.6 is 11.3 Å². The zero-order chi connectivity index (χ0) is 19.2. The fraction of sp³-hybridized carbons (Fsp3) is 0.333. The van der Waals surface area contributed by atoms with Gasteiger partial charge in [0.1, 0.15) is 0 Å². The Balaban J connectivity index is 0.00000261. The molecule has 0 unspecified atom stereocenters. The molecule has 3 rings (SSSR count). The van der Waals surface area contributed by atoms with Crippen molar-refractivity contribution in [3.63, 3.8) is 0 Å². The third-order valence-corrected chi connectivity index (χ3v) is 4.94. The SMILES string of the molecule is CCn1c(O)c(N=Nc2scc3c2C(=O)N(C)C3=O)c(=O)n(CC)c1=O.[Cu+2]. The molecule has 2 aromatic rings. The Hall–Kier alpha value is -2.56. The summed E-state index contributed by atoms with van der Waals surface area (Å²) in [7, 11) is 1.36. The van der Waals surface area contributed by atoms with Gasteiger partial charge in [-0.2, -0.15) is 0 Å². The van der Waals surface area contributed by atoms with E-state index in [0.29, 0.717) is 0 Å². The van der Waals surface area contributed by atoms with Gasteiger partial charge in [-0.1, -0.05) is 0 Å². The average Bonchev–Trinajstić information content (AvgIpc) is 3.12. The Morgan fingerprint density at radius 3 is 2.26 bits per heavy atom. The van der Waals surface area contributed by atoms with Crippen LogP contribution in [0.1, 0.15) is 34.6 Å². The molecule has 0 aliphatic carbocycles. The van der Waals surface area contributed by atoms with Gasteiger partial charge in [0, 0.05) is 25.5 Å². The summed E-state index contributed by atoms with van der Waals surface area (Å²) in [4.78, 5) is 49.5. The molecule has 1 aliphatic heterocycles. The number of amides is 2. The first-order valence-corrected chi connectivity index (χ1v) is 8.63. The number of aromatic hydroxyl groups is 1. The van der Waals surface area contributed by atoms with E-state index in [2.05, 4.69) is 10.2 Å². The van der Waals surface area contributed by atoms with Crippen molar-refractivity contribution in [1.29, 1.82) is 0 Å². The van der Waals surface area contributed by atoms with Crippen LogP contribution in [-0.4, -0.2) is 38.0 Å².